The number of nitrogens with zero attached hydrogens (tertiary/aromatic N) is 2. The molecule has 2 N–H and O–H groups in total. The van der Waals surface area contributed by atoms with Crippen LogP contribution in [0.4, 0.5) is 17.5 Å². The number of halogens is 2. The molecule has 2 aromatic rings. The Morgan fingerprint density at radius 2 is 2.16 bits per heavy atom. The average molecular weight is 342 g/mol. The van der Waals surface area contributed by atoms with Gasteiger partial charge >= 0.3 is 0 Å². The molecule has 2 rings (SSSR count). The van der Waals surface area contributed by atoms with Gasteiger partial charge in [0.25, 0.3) is 0 Å². The maximum absolute atomic E-state index is 6.16. The van der Waals surface area contributed by atoms with Gasteiger partial charge in [-0.25, -0.2) is 4.98 Å². The Labute approximate surface area is 125 Å². The molecule has 0 saturated heterocycles. The van der Waals surface area contributed by atoms with Gasteiger partial charge in [-0.2, -0.15) is 4.98 Å². The van der Waals surface area contributed by atoms with E-state index in [0.717, 1.165) is 22.3 Å². The maximum Gasteiger partial charge on any atom is 0.224 e. The number of rotatable bonds is 4. The van der Waals surface area contributed by atoms with Crippen molar-refractivity contribution in [1.82, 2.24) is 9.97 Å². The van der Waals surface area contributed by atoms with E-state index in [9.17, 15) is 0 Å². The molecule has 0 spiro atoms. The summed E-state index contributed by atoms with van der Waals surface area (Å²) in [6, 6.07) is 5.80. The zero-order valence-corrected chi connectivity index (χ0v) is 13.0. The molecule has 6 heteroatoms. The van der Waals surface area contributed by atoms with Gasteiger partial charge in [-0.1, -0.05) is 17.7 Å². The van der Waals surface area contributed by atoms with Crippen molar-refractivity contribution in [3.05, 3.63) is 39.5 Å². The minimum Gasteiger partial charge on any atom is -0.354 e. The smallest absolute Gasteiger partial charge is 0.224 e. The van der Waals surface area contributed by atoms with E-state index < -0.39 is 0 Å². The van der Waals surface area contributed by atoms with Crippen molar-refractivity contribution in [2.75, 3.05) is 17.2 Å². The highest BCUT2D eigenvalue weighted by atomic mass is 79.9. The van der Waals surface area contributed by atoms with Crippen LogP contribution < -0.4 is 10.6 Å². The van der Waals surface area contributed by atoms with E-state index in [2.05, 4.69) is 36.5 Å². The summed E-state index contributed by atoms with van der Waals surface area (Å²) in [4.78, 5) is 8.56. The molecule has 0 amide bonds. The third-order valence-corrected chi connectivity index (χ3v) is 3.36. The molecule has 19 heavy (non-hydrogen) atoms. The van der Waals surface area contributed by atoms with E-state index >= 15 is 0 Å². The number of anilines is 3. The van der Waals surface area contributed by atoms with Gasteiger partial charge in [0.2, 0.25) is 5.95 Å². The van der Waals surface area contributed by atoms with Gasteiger partial charge < -0.3 is 10.6 Å². The highest BCUT2D eigenvalue weighted by molar-refractivity contribution is 9.10. The van der Waals surface area contributed by atoms with Gasteiger partial charge in [0, 0.05) is 12.7 Å². The van der Waals surface area contributed by atoms with Crippen molar-refractivity contribution >= 4 is 45.0 Å². The molecule has 0 aliphatic rings. The number of hydrogen-bond donors (Lipinski definition) is 2. The molecule has 100 valence electrons. The SMILES string of the molecule is CCNc1ncc(Br)c(Nc2cc(C)ccc2Cl)n1. The Morgan fingerprint density at radius 1 is 1.37 bits per heavy atom. The molecule has 4 nitrogen and oxygen atoms in total. The van der Waals surface area contributed by atoms with E-state index in [1.807, 2.05) is 32.0 Å². The van der Waals surface area contributed by atoms with E-state index in [0.29, 0.717) is 16.8 Å². The molecule has 0 fully saturated rings. The van der Waals surface area contributed by atoms with E-state index in [4.69, 9.17) is 11.6 Å². The molecule has 1 aromatic heterocycles. The summed E-state index contributed by atoms with van der Waals surface area (Å²) >= 11 is 9.59. The van der Waals surface area contributed by atoms with Crippen molar-refractivity contribution in [3.63, 3.8) is 0 Å². The van der Waals surface area contributed by atoms with Crippen LogP contribution in [0.15, 0.2) is 28.9 Å². The quantitative estimate of drug-likeness (QED) is 0.866. The molecular formula is C13H14BrClN4. The Bertz CT molecular complexity index is 589. The minimum absolute atomic E-state index is 0.581. The van der Waals surface area contributed by atoms with E-state index in [1.165, 1.54) is 0 Å². The van der Waals surface area contributed by atoms with Gasteiger partial charge in [-0.3, -0.25) is 0 Å². The summed E-state index contributed by atoms with van der Waals surface area (Å²) in [5.41, 5.74) is 1.95. The van der Waals surface area contributed by atoms with Gasteiger partial charge in [0.15, 0.2) is 0 Å². The van der Waals surface area contributed by atoms with Crippen molar-refractivity contribution in [2.45, 2.75) is 13.8 Å². The standard InChI is InChI=1S/C13H14BrClN4/c1-3-16-13-17-7-9(14)12(19-13)18-11-6-8(2)4-5-10(11)15/h4-7H,3H2,1-2H3,(H2,16,17,18,19). The first-order chi connectivity index (χ1) is 9.10. The van der Waals surface area contributed by atoms with Gasteiger partial charge in [0.05, 0.1) is 15.2 Å². The van der Waals surface area contributed by atoms with Crippen LogP contribution in [0, 0.1) is 6.92 Å². The molecule has 0 aliphatic heterocycles. The number of benzene rings is 1. The molecule has 1 heterocycles. The molecule has 0 aliphatic carbocycles. The number of aryl methyl sites for hydroxylation is 1. The molecule has 0 unspecified atom stereocenters. The molecule has 0 atom stereocenters. The van der Waals surface area contributed by atoms with Crippen LogP contribution in [0.2, 0.25) is 5.02 Å². The lowest BCUT2D eigenvalue weighted by atomic mass is 10.2. The second kappa shape index (κ2) is 6.21. The number of aromatic nitrogens is 2. The van der Waals surface area contributed by atoms with Crippen molar-refractivity contribution in [2.24, 2.45) is 0 Å². The van der Waals surface area contributed by atoms with Crippen LogP contribution >= 0.6 is 27.5 Å². The van der Waals surface area contributed by atoms with Gasteiger partial charge in [-0.05, 0) is 47.5 Å². The number of nitrogens with one attached hydrogen (secondary N) is 2. The molecule has 0 saturated carbocycles. The summed E-state index contributed by atoms with van der Waals surface area (Å²) in [5.74, 6) is 1.26. The predicted octanol–water partition coefficient (Wildman–Crippen LogP) is 4.38. The summed E-state index contributed by atoms with van der Waals surface area (Å²) in [7, 11) is 0. The largest absolute Gasteiger partial charge is 0.354 e. The Hall–Kier alpha value is -1.33. The van der Waals surface area contributed by atoms with Crippen LogP contribution in [0.25, 0.3) is 0 Å². The fourth-order valence-electron chi connectivity index (χ4n) is 1.56. The van der Waals surface area contributed by atoms with Crippen LogP contribution in [0.3, 0.4) is 0 Å². The summed E-state index contributed by atoms with van der Waals surface area (Å²) in [6.45, 7) is 4.78. The first-order valence-corrected chi connectivity index (χ1v) is 7.07. The topological polar surface area (TPSA) is 49.8 Å². The minimum atomic E-state index is 0.581. The zero-order valence-electron chi connectivity index (χ0n) is 10.7. The van der Waals surface area contributed by atoms with Crippen LogP contribution in [0.5, 0.6) is 0 Å². The Kier molecular flexibility index (Phi) is 4.61. The van der Waals surface area contributed by atoms with Crippen LogP contribution in [-0.4, -0.2) is 16.5 Å². The van der Waals surface area contributed by atoms with Crippen LogP contribution in [-0.2, 0) is 0 Å². The lowest BCUT2D eigenvalue weighted by molar-refractivity contribution is 1.08. The lowest BCUT2D eigenvalue weighted by Gasteiger charge is -2.11. The first kappa shape index (κ1) is 14.1. The van der Waals surface area contributed by atoms with Crippen LogP contribution in [0.1, 0.15) is 12.5 Å². The van der Waals surface area contributed by atoms with Crippen molar-refractivity contribution in [1.29, 1.82) is 0 Å². The molecule has 1 aromatic carbocycles. The highest BCUT2D eigenvalue weighted by Crippen LogP contribution is 2.29. The fourth-order valence-corrected chi connectivity index (χ4v) is 2.02. The van der Waals surface area contributed by atoms with E-state index in [1.54, 1.807) is 6.20 Å². The first-order valence-electron chi connectivity index (χ1n) is 5.89. The van der Waals surface area contributed by atoms with Crippen molar-refractivity contribution < 1.29 is 0 Å². The summed E-state index contributed by atoms with van der Waals surface area (Å²) in [6.07, 6.45) is 1.71. The van der Waals surface area contributed by atoms with Gasteiger partial charge in [0.1, 0.15) is 5.82 Å². The fraction of sp³-hybridized carbons (Fsp3) is 0.231. The highest BCUT2D eigenvalue weighted by Gasteiger charge is 2.07. The number of hydrogen-bond acceptors (Lipinski definition) is 4. The molecule has 0 bridgehead atoms. The Morgan fingerprint density at radius 3 is 2.89 bits per heavy atom. The normalized spacial score (nSPS) is 10.3. The third-order valence-electron chi connectivity index (χ3n) is 2.45. The lowest BCUT2D eigenvalue weighted by Crippen LogP contribution is -2.04. The summed E-state index contributed by atoms with van der Waals surface area (Å²) in [5, 5.41) is 6.93. The maximum atomic E-state index is 6.16. The molecular weight excluding hydrogens is 328 g/mol. The third kappa shape index (κ3) is 3.58. The van der Waals surface area contributed by atoms with Gasteiger partial charge in [-0.15, -0.1) is 0 Å². The zero-order chi connectivity index (χ0) is 13.8. The predicted molar refractivity (Wildman–Crippen MR) is 83.4 cm³/mol. The average Bonchev–Trinajstić information content (AvgIpc) is 2.38. The second-order valence-corrected chi connectivity index (χ2v) is 5.29. The second-order valence-electron chi connectivity index (χ2n) is 4.03. The Balaban J connectivity index is 2.31. The van der Waals surface area contributed by atoms with Crippen molar-refractivity contribution in [3.8, 4) is 0 Å². The summed E-state index contributed by atoms with van der Waals surface area (Å²) < 4.78 is 0.784. The monoisotopic (exact) mass is 340 g/mol. The van der Waals surface area contributed by atoms with E-state index in [-0.39, 0.29) is 0 Å². The molecule has 0 radical (unpaired) electrons.